The van der Waals surface area contributed by atoms with Gasteiger partial charge in [0.1, 0.15) is 0 Å². The van der Waals surface area contributed by atoms with Crippen molar-refractivity contribution in [3.8, 4) is 0 Å². The molecule has 1 aromatic rings. The third-order valence-electron chi connectivity index (χ3n) is 0.589. The number of nitrogens with zero attached hydrogens (tertiary/aromatic N) is 2. The maximum absolute atomic E-state index is 11.9. The maximum Gasteiger partial charge on any atom is 0.222 e. The molecule has 0 spiro atoms. The summed E-state index contributed by atoms with van der Waals surface area (Å²) in [6.07, 6.45) is 2.02. The Kier molecular flexibility index (Phi) is 4.76. The first-order valence-electron chi connectivity index (χ1n) is 2.92. The summed E-state index contributed by atoms with van der Waals surface area (Å²) in [5.74, 6) is -0.477. The molecule has 0 bridgehead atoms. The Morgan fingerprint density at radius 1 is 1.30 bits per heavy atom. The topological polar surface area (TPSA) is 25.8 Å². The van der Waals surface area contributed by atoms with Crippen LogP contribution in [0, 0.1) is 5.82 Å². The molecule has 1 aromatic heterocycles. The lowest BCUT2D eigenvalue weighted by atomic mass is 10.7. The van der Waals surface area contributed by atoms with Crippen LogP contribution in [0.1, 0.15) is 13.8 Å². The molecule has 0 aromatic carbocycles. The minimum Gasteiger partial charge on any atom is -0.223 e. The SMILES string of the molecule is CC.Fc1cnc(Cl)nc1. The van der Waals surface area contributed by atoms with E-state index in [-0.39, 0.29) is 5.28 Å². The molecule has 0 unspecified atom stereocenters. The van der Waals surface area contributed by atoms with Gasteiger partial charge in [0.2, 0.25) is 5.28 Å². The van der Waals surface area contributed by atoms with Crippen LogP contribution in [0.25, 0.3) is 0 Å². The van der Waals surface area contributed by atoms with Gasteiger partial charge in [-0.3, -0.25) is 0 Å². The van der Waals surface area contributed by atoms with Crippen molar-refractivity contribution in [3.63, 3.8) is 0 Å². The molecule has 0 atom stereocenters. The van der Waals surface area contributed by atoms with E-state index in [1.165, 1.54) is 0 Å². The highest BCUT2D eigenvalue weighted by atomic mass is 35.5. The summed E-state index contributed by atoms with van der Waals surface area (Å²) in [6, 6.07) is 0. The number of rotatable bonds is 0. The molecule has 1 rings (SSSR count). The zero-order chi connectivity index (χ0) is 7.98. The largest absolute Gasteiger partial charge is 0.223 e. The first kappa shape index (κ1) is 9.30. The Balaban J connectivity index is 0.000000371. The van der Waals surface area contributed by atoms with E-state index in [0.717, 1.165) is 12.4 Å². The number of aromatic nitrogens is 2. The van der Waals surface area contributed by atoms with Crippen LogP contribution in [0.15, 0.2) is 12.4 Å². The lowest BCUT2D eigenvalue weighted by Gasteiger charge is -1.83. The Hall–Kier alpha value is -0.700. The van der Waals surface area contributed by atoms with E-state index in [9.17, 15) is 4.39 Å². The number of hydrogen-bond acceptors (Lipinski definition) is 2. The smallest absolute Gasteiger partial charge is 0.222 e. The van der Waals surface area contributed by atoms with Crippen molar-refractivity contribution in [2.75, 3.05) is 0 Å². The highest BCUT2D eigenvalue weighted by molar-refractivity contribution is 6.28. The second kappa shape index (κ2) is 5.11. The fourth-order valence-electron chi connectivity index (χ4n) is 0.297. The Morgan fingerprint density at radius 2 is 1.70 bits per heavy atom. The lowest BCUT2D eigenvalue weighted by molar-refractivity contribution is 0.613. The van der Waals surface area contributed by atoms with Crippen LogP contribution in [-0.2, 0) is 0 Å². The highest BCUT2D eigenvalue weighted by Crippen LogP contribution is 1.97. The van der Waals surface area contributed by atoms with Crippen LogP contribution in [0.4, 0.5) is 4.39 Å². The molecular weight excluding hydrogens is 155 g/mol. The minimum absolute atomic E-state index is 0.0615. The summed E-state index contributed by atoms with van der Waals surface area (Å²) >= 11 is 5.22. The van der Waals surface area contributed by atoms with Gasteiger partial charge in [0.25, 0.3) is 0 Å². The van der Waals surface area contributed by atoms with Crippen molar-refractivity contribution in [2.45, 2.75) is 13.8 Å². The quantitative estimate of drug-likeness (QED) is 0.547. The summed E-state index contributed by atoms with van der Waals surface area (Å²) in [5.41, 5.74) is 0. The van der Waals surface area contributed by atoms with Crippen molar-refractivity contribution in [3.05, 3.63) is 23.5 Å². The zero-order valence-electron chi connectivity index (χ0n) is 5.81. The van der Waals surface area contributed by atoms with Crippen molar-refractivity contribution >= 4 is 11.6 Å². The molecule has 0 aliphatic carbocycles. The molecule has 1 heterocycles. The first-order valence-corrected chi connectivity index (χ1v) is 3.30. The molecule has 0 N–H and O–H groups in total. The van der Waals surface area contributed by atoms with E-state index in [0.29, 0.717) is 0 Å². The number of halogens is 2. The summed E-state index contributed by atoms with van der Waals surface area (Å²) in [4.78, 5) is 6.72. The van der Waals surface area contributed by atoms with Crippen LogP contribution in [0.5, 0.6) is 0 Å². The average Bonchev–Trinajstić information content (AvgIpc) is 2.00. The highest BCUT2D eigenvalue weighted by Gasteiger charge is 1.88. The van der Waals surface area contributed by atoms with Gasteiger partial charge in [-0.1, -0.05) is 13.8 Å². The lowest BCUT2D eigenvalue weighted by Crippen LogP contribution is -1.81. The van der Waals surface area contributed by atoms with Gasteiger partial charge >= 0.3 is 0 Å². The minimum atomic E-state index is -0.477. The fraction of sp³-hybridized carbons (Fsp3) is 0.333. The normalized spacial score (nSPS) is 8.00. The molecule has 0 fully saturated rings. The van der Waals surface area contributed by atoms with Gasteiger partial charge in [0.15, 0.2) is 5.82 Å². The summed E-state index contributed by atoms with van der Waals surface area (Å²) in [7, 11) is 0. The Bertz CT molecular complexity index is 155. The van der Waals surface area contributed by atoms with Crippen molar-refractivity contribution in [1.29, 1.82) is 0 Å². The van der Waals surface area contributed by atoms with Crippen molar-refractivity contribution < 1.29 is 4.39 Å². The Labute approximate surface area is 64.1 Å². The van der Waals surface area contributed by atoms with E-state index >= 15 is 0 Å². The van der Waals surface area contributed by atoms with Gasteiger partial charge in [0, 0.05) is 0 Å². The van der Waals surface area contributed by atoms with Crippen LogP contribution in [0.2, 0.25) is 5.28 Å². The molecule has 0 amide bonds. The second-order valence-corrected chi connectivity index (χ2v) is 1.51. The molecular formula is C6H8ClFN2. The predicted molar refractivity (Wildman–Crippen MR) is 38.3 cm³/mol. The van der Waals surface area contributed by atoms with Crippen molar-refractivity contribution in [2.24, 2.45) is 0 Å². The van der Waals surface area contributed by atoms with Crippen LogP contribution >= 0.6 is 11.6 Å². The van der Waals surface area contributed by atoms with Gasteiger partial charge in [-0.05, 0) is 11.6 Å². The average molecular weight is 163 g/mol. The molecule has 0 saturated heterocycles. The van der Waals surface area contributed by atoms with E-state index < -0.39 is 5.82 Å². The van der Waals surface area contributed by atoms with Gasteiger partial charge in [0.05, 0.1) is 12.4 Å². The third kappa shape index (κ3) is 3.35. The monoisotopic (exact) mass is 162 g/mol. The standard InChI is InChI=1S/C4H2ClFN2.C2H6/c5-4-7-1-3(6)2-8-4;1-2/h1-2H;1-2H3. The van der Waals surface area contributed by atoms with Gasteiger partial charge in [-0.2, -0.15) is 0 Å². The molecule has 0 aliphatic rings. The van der Waals surface area contributed by atoms with Crippen LogP contribution in [0.3, 0.4) is 0 Å². The first-order chi connectivity index (χ1) is 4.79. The van der Waals surface area contributed by atoms with Crippen LogP contribution < -0.4 is 0 Å². The molecule has 10 heavy (non-hydrogen) atoms. The maximum atomic E-state index is 11.9. The zero-order valence-corrected chi connectivity index (χ0v) is 6.56. The van der Waals surface area contributed by atoms with Crippen molar-refractivity contribution in [1.82, 2.24) is 9.97 Å². The second-order valence-electron chi connectivity index (χ2n) is 1.17. The van der Waals surface area contributed by atoms with Gasteiger partial charge in [-0.15, -0.1) is 0 Å². The third-order valence-corrected chi connectivity index (χ3v) is 0.784. The summed E-state index contributed by atoms with van der Waals surface area (Å²) in [6.45, 7) is 4.00. The Morgan fingerprint density at radius 3 is 2.00 bits per heavy atom. The molecule has 56 valence electrons. The van der Waals surface area contributed by atoms with E-state index in [2.05, 4.69) is 9.97 Å². The van der Waals surface area contributed by atoms with E-state index in [1.807, 2.05) is 13.8 Å². The summed E-state index contributed by atoms with van der Waals surface area (Å²) in [5, 5.41) is 0.0615. The van der Waals surface area contributed by atoms with Gasteiger partial charge < -0.3 is 0 Å². The fourth-order valence-corrected chi connectivity index (χ4v) is 0.394. The van der Waals surface area contributed by atoms with Crippen LogP contribution in [-0.4, -0.2) is 9.97 Å². The van der Waals surface area contributed by atoms with E-state index in [1.54, 1.807) is 0 Å². The summed E-state index contributed by atoms with van der Waals surface area (Å²) < 4.78 is 11.9. The molecule has 0 aliphatic heterocycles. The predicted octanol–water partition coefficient (Wildman–Crippen LogP) is 2.30. The molecule has 0 saturated carbocycles. The number of hydrogen-bond donors (Lipinski definition) is 0. The molecule has 2 nitrogen and oxygen atoms in total. The van der Waals surface area contributed by atoms with E-state index in [4.69, 9.17) is 11.6 Å². The molecule has 4 heteroatoms. The van der Waals surface area contributed by atoms with Gasteiger partial charge in [-0.25, -0.2) is 14.4 Å². The molecule has 0 radical (unpaired) electrons.